The van der Waals surface area contributed by atoms with Crippen molar-refractivity contribution in [2.45, 2.75) is 20.3 Å². The number of para-hydroxylation sites is 2. The van der Waals surface area contributed by atoms with E-state index in [9.17, 15) is 9.59 Å². The summed E-state index contributed by atoms with van der Waals surface area (Å²) in [5.74, 6) is 0.995. The van der Waals surface area contributed by atoms with Crippen molar-refractivity contribution < 1.29 is 19.1 Å². The van der Waals surface area contributed by atoms with Crippen molar-refractivity contribution in [2.24, 2.45) is 0 Å². The van der Waals surface area contributed by atoms with Crippen LogP contribution in [-0.2, 0) is 9.59 Å². The van der Waals surface area contributed by atoms with Gasteiger partial charge in [-0.25, -0.2) is 0 Å². The fraction of sp³-hybridized carbons (Fsp3) is 0.261. The molecule has 0 radical (unpaired) electrons. The summed E-state index contributed by atoms with van der Waals surface area (Å²) in [6, 6.07) is 14.8. The van der Waals surface area contributed by atoms with Gasteiger partial charge in [-0.2, -0.15) is 0 Å². The van der Waals surface area contributed by atoms with Crippen molar-refractivity contribution in [3.63, 3.8) is 0 Å². The number of ether oxygens (including phenoxy) is 2. The molecule has 31 heavy (non-hydrogen) atoms. The number of thiocarbonyl (C=S) groups is 1. The van der Waals surface area contributed by atoms with Gasteiger partial charge in [-0.05, 0) is 49.8 Å². The van der Waals surface area contributed by atoms with Crippen LogP contribution in [0, 0.1) is 0 Å². The lowest BCUT2D eigenvalue weighted by Gasteiger charge is -2.15. The molecule has 3 rings (SSSR count). The van der Waals surface area contributed by atoms with Crippen LogP contribution in [0.2, 0.25) is 0 Å². The van der Waals surface area contributed by atoms with E-state index in [0.29, 0.717) is 33.9 Å². The molecule has 8 heteroatoms. The van der Waals surface area contributed by atoms with Crippen LogP contribution >= 0.6 is 24.0 Å². The summed E-state index contributed by atoms with van der Waals surface area (Å²) in [4.78, 5) is 27.2. The summed E-state index contributed by atoms with van der Waals surface area (Å²) in [5.41, 5.74) is 1.49. The van der Waals surface area contributed by atoms with E-state index in [2.05, 4.69) is 5.32 Å². The summed E-state index contributed by atoms with van der Waals surface area (Å²) >= 11 is 6.60. The number of rotatable bonds is 9. The van der Waals surface area contributed by atoms with Crippen LogP contribution in [-0.4, -0.2) is 40.8 Å². The molecule has 1 heterocycles. The summed E-state index contributed by atoms with van der Waals surface area (Å²) in [6.45, 7) is 5.13. The first kappa shape index (κ1) is 22.8. The number of anilines is 1. The molecule has 0 atom stereocenters. The van der Waals surface area contributed by atoms with Crippen molar-refractivity contribution in [1.29, 1.82) is 0 Å². The maximum absolute atomic E-state index is 12.8. The number of hydrogen-bond donors (Lipinski definition) is 1. The molecule has 0 unspecified atom stereocenters. The SMILES string of the molecule is CCOc1ccc(/C=C2\SC(=S)N(CCC(=O)Nc3ccccc3OCC)C2=O)cc1. The maximum Gasteiger partial charge on any atom is 0.266 e. The number of carbonyl (C=O) groups excluding carboxylic acids is 2. The first-order valence-corrected chi connectivity index (χ1v) is 11.2. The molecule has 162 valence electrons. The standard InChI is InChI=1S/C23H24N2O4S2/c1-3-28-17-11-9-16(10-12-17)15-20-22(27)25(23(30)31-20)14-13-21(26)24-18-7-5-6-8-19(18)29-4-2/h5-12,15H,3-4,13-14H2,1-2H3,(H,24,26)/b20-15-. The molecule has 1 aliphatic heterocycles. The van der Waals surface area contributed by atoms with Gasteiger partial charge in [0, 0.05) is 13.0 Å². The Morgan fingerprint density at radius 1 is 1.10 bits per heavy atom. The zero-order valence-electron chi connectivity index (χ0n) is 17.4. The molecule has 1 aliphatic rings. The largest absolute Gasteiger partial charge is 0.494 e. The van der Waals surface area contributed by atoms with E-state index in [1.165, 1.54) is 16.7 Å². The quantitative estimate of drug-likeness (QED) is 0.435. The Balaban J connectivity index is 1.59. The zero-order valence-corrected chi connectivity index (χ0v) is 19.1. The van der Waals surface area contributed by atoms with E-state index in [1.807, 2.05) is 50.2 Å². The van der Waals surface area contributed by atoms with Gasteiger partial charge < -0.3 is 14.8 Å². The molecule has 6 nitrogen and oxygen atoms in total. The van der Waals surface area contributed by atoms with Gasteiger partial charge in [0.1, 0.15) is 15.8 Å². The normalized spacial score (nSPS) is 14.8. The molecule has 0 bridgehead atoms. The van der Waals surface area contributed by atoms with E-state index >= 15 is 0 Å². The van der Waals surface area contributed by atoms with Crippen LogP contribution in [0.25, 0.3) is 6.08 Å². The molecule has 2 aromatic rings. The lowest BCUT2D eigenvalue weighted by Crippen LogP contribution is -2.31. The molecule has 0 aliphatic carbocycles. The molecule has 2 amide bonds. The van der Waals surface area contributed by atoms with Gasteiger partial charge in [0.2, 0.25) is 5.91 Å². The van der Waals surface area contributed by atoms with E-state index in [1.54, 1.807) is 18.2 Å². The Labute approximate surface area is 191 Å². The fourth-order valence-corrected chi connectivity index (χ4v) is 4.26. The van der Waals surface area contributed by atoms with Gasteiger partial charge in [-0.15, -0.1) is 0 Å². The van der Waals surface area contributed by atoms with Crippen LogP contribution in [0.3, 0.4) is 0 Å². The minimum absolute atomic E-state index is 0.128. The predicted octanol–water partition coefficient (Wildman–Crippen LogP) is 4.71. The average Bonchev–Trinajstić information content (AvgIpc) is 3.02. The van der Waals surface area contributed by atoms with Crippen LogP contribution < -0.4 is 14.8 Å². The van der Waals surface area contributed by atoms with Crippen molar-refractivity contribution >= 4 is 51.9 Å². The Kier molecular flexibility index (Phi) is 8.08. The van der Waals surface area contributed by atoms with Gasteiger partial charge in [0.25, 0.3) is 5.91 Å². The third kappa shape index (κ3) is 6.08. The molecule has 2 aromatic carbocycles. The highest BCUT2D eigenvalue weighted by atomic mass is 32.2. The first-order valence-electron chi connectivity index (χ1n) is 10.0. The number of benzene rings is 2. The van der Waals surface area contributed by atoms with E-state index in [4.69, 9.17) is 21.7 Å². The molecule has 1 N–H and O–H groups in total. The van der Waals surface area contributed by atoms with Crippen molar-refractivity contribution in [2.75, 3.05) is 25.1 Å². The van der Waals surface area contributed by atoms with Gasteiger partial charge >= 0.3 is 0 Å². The average molecular weight is 457 g/mol. The number of carbonyl (C=O) groups is 2. The molecule has 1 fully saturated rings. The minimum atomic E-state index is -0.211. The molecular formula is C23H24N2O4S2. The Morgan fingerprint density at radius 2 is 1.81 bits per heavy atom. The predicted molar refractivity (Wildman–Crippen MR) is 128 cm³/mol. The first-order chi connectivity index (χ1) is 15.0. The Morgan fingerprint density at radius 3 is 2.52 bits per heavy atom. The smallest absolute Gasteiger partial charge is 0.266 e. The number of nitrogens with one attached hydrogen (secondary N) is 1. The topological polar surface area (TPSA) is 67.9 Å². The molecule has 0 aromatic heterocycles. The second kappa shape index (κ2) is 11.0. The van der Waals surface area contributed by atoms with E-state index in [-0.39, 0.29) is 24.8 Å². The highest BCUT2D eigenvalue weighted by molar-refractivity contribution is 8.26. The van der Waals surface area contributed by atoms with Crippen LogP contribution in [0.1, 0.15) is 25.8 Å². The van der Waals surface area contributed by atoms with Crippen LogP contribution in [0.15, 0.2) is 53.4 Å². The van der Waals surface area contributed by atoms with Gasteiger partial charge in [0.05, 0.1) is 23.8 Å². The fourth-order valence-electron chi connectivity index (χ4n) is 2.95. The van der Waals surface area contributed by atoms with Crippen LogP contribution in [0.4, 0.5) is 5.69 Å². The third-order valence-corrected chi connectivity index (χ3v) is 5.76. The number of hydrogen-bond acceptors (Lipinski definition) is 6. The summed E-state index contributed by atoms with van der Waals surface area (Å²) < 4.78 is 11.4. The highest BCUT2D eigenvalue weighted by Crippen LogP contribution is 2.33. The van der Waals surface area contributed by atoms with Gasteiger partial charge in [0.15, 0.2) is 0 Å². The summed E-state index contributed by atoms with van der Waals surface area (Å²) in [6.07, 6.45) is 1.93. The minimum Gasteiger partial charge on any atom is -0.494 e. The Bertz CT molecular complexity index is 989. The van der Waals surface area contributed by atoms with Gasteiger partial charge in [-0.1, -0.05) is 48.2 Å². The maximum atomic E-state index is 12.8. The van der Waals surface area contributed by atoms with Crippen LogP contribution in [0.5, 0.6) is 11.5 Å². The summed E-state index contributed by atoms with van der Waals surface area (Å²) in [7, 11) is 0. The zero-order chi connectivity index (χ0) is 22.2. The highest BCUT2D eigenvalue weighted by Gasteiger charge is 2.32. The van der Waals surface area contributed by atoms with E-state index in [0.717, 1.165) is 11.3 Å². The Hall–Kier alpha value is -2.84. The second-order valence-electron chi connectivity index (χ2n) is 6.56. The lowest BCUT2D eigenvalue weighted by molar-refractivity contribution is -0.122. The number of amides is 2. The number of nitrogens with zero attached hydrogens (tertiary/aromatic N) is 1. The molecule has 1 saturated heterocycles. The third-order valence-electron chi connectivity index (χ3n) is 4.39. The van der Waals surface area contributed by atoms with Gasteiger partial charge in [-0.3, -0.25) is 14.5 Å². The second-order valence-corrected chi connectivity index (χ2v) is 8.24. The number of thioether (sulfide) groups is 1. The molecular weight excluding hydrogens is 432 g/mol. The van der Waals surface area contributed by atoms with Crippen molar-refractivity contribution in [3.05, 3.63) is 59.0 Å². The molecule has 0 saturated carbocycles. The van der Waals surface area contributed by atoms with Crippen molar-refractivity contribution in [1.82, 2.24) is 4.90 Å². The monoisotopic (exact) mass is 456 g/mol. The molecule has 0 spiro atoms. The summed E-state index contributed by atoms with van der Waals surface area (Å²) in [5, 5.41) is 2.84. The van der Waals surface area contributed by atoms with Crippen molar-refractivity contribution in [3.8, 4) is 11.5 Å². The van der Waals surface area contributed by atoms with E-state index < -0.39 is 0 Å². The lowest BCUT2D eigenvalue weighted by atomic mass is 10.2.